The maximum absolute atomic E-state index is 12.5. The van der Waals surface area contributed by atoms with Gasteiger partial charge >= 0.3 is 5.97 Å². The first kappa shape index (κ1) is 19.0. The van der Waals surface area contributed by atoms with E-state index in [9.17, 15) is 18.4 Å². The van der Waals surface area contributed by atoms with Crippen LogP contribution in [0.3, 0.4) is 0 Å². The minimum atomic E-state index is -2.62. The lowest BCUT2D eigenvalue weighted by Gasteiger charge is -2.11. The van der Waals surface area contributed by atoms with E-state index in [2.05, 4.69) is 5.32 Å². The Kier molecular flexibility index (Phi) is 6.60. The number of carbonyl (C=O) groups excluding carboxylic acids is 2. The van der Waals surface area contributed by atoms with Crippen molar-refractivity contribution in [3.63, 3.8) is 0 Å². The van der Waals surface area contributed by atoms with E-state index < -0.39 is 24.2 Å². The number of esters is 1. The van der Waals surface area contributed by atoms with Crippen molar-refractivity contribution in [2.24, 2.45) is 0 Å². The first-order valence-electron chi connectivity index (χ1n) is 6.92. The number of anilines is 2. The molecule has 0 aliphatic rings. The van der Waals surface area contributed by atoms with Crippen LogP contribution in [0.2, 0.25) is 5.02 Å². The number of thioether (sulfide) groups is 1. The molecule has 132 valence electrons. The standard InChI is InChI=1S/C16H13ClF2N2O3S/c17-10-6-5-9(7-11(10)20)15(23)24-8-14(22)21-12-3-1-2-4-13(12)25-16(18)19/h1-7,16H,8,20H2,(H,21,22). The van der Waals surface area contributed by atoms with E-state index in [0.717, 1.165) is 0 Å². The molecule has 5 nitrogen and oxygen atoms in total. The number of benzene rings is 2. The molecule has 0 aliphatic carbocycles. The Hall–Kier alpha value is -2.32. The number of halogens is 3. The van der Waals surface area contributed by atoms with Gasteiger partial charge in [-0.3, -0.25) is 4.79 Å². The zero-order chi connectivity index (χ0) is 18.4. The van der Waals surface area contributed by atoms with Crippen LogP contribution in [0.5, 0.6) is 0 Å². The van der Waals surface area contributed by atoms with Gasteiger partial charge in [0, 0.05) is 4.90 Å². The third-order valence-electron chi connectivity index (χ3n) is 2.94. The highest BCUT2D eigenvalue weighted by Crippen LogP contribution is 2.31. The fourth-order valence-corrected chi connectivity index (χ4v) is 2.55. The van der Waals surface area contributed by atoms with Gasteiger partial charge in [0.2, 0.25) is 0 Å². The van der Waals surface area contributed by atoms with E-state index in [0.29, 0.717) is 16.8 Å². The Morgan fingerprint density at radius 3 is 2.64 bits per heavy atom. The first-order chi connectivity index (χ1) is 11.9. The van der Waals surface area contributed by atoms with Crippen LogP contribution < -0.4 is 11.1 Å². The van der Waals surface area contributed by atoms with Gasteiger partial charge < -0.3 is 15.8 Å². The molecular weight excluding hydrogens is 374 g/mol. The predicted molar refractivity (Wildman–Crippen MR) is 93.1 cm³/mol. The summed E-state index contributed by atoms with van der Waals surface area (Å²) in [5.41, 5.74) is 6.15. The van der Waals surface area contributed by atoms with E-state index in [1.807, 2.05) is 0 Å². The van der Waals surface area contributed by atoms with Crippen LogP contribution in [0.25, 0.3) is 0 Å². The molecule has 0 heterocycles. The number of hydrogen-bond donors (Lipinski definition) is 2. The monoisotopic (exact) mass is 386 g/mol. The largest absolute Gasteiger partial charge is 0.452 e. The Bertz CT molecular complexity index is 790. The summed E-state index contributed by atoms with van der Waals surface area (Å²) in [4.78, 5) is 24.0. The summed E-state index contributed by atoms with van der Waals surface area (Å²) in [5.74, 6) is -4.03. The smallest absolute Gasteiger partial charge is 0.338 e. The third kappa shape index (κ3) is 5.61. The molecular formula is C16H13ClF2N2O3S. The second kappa shape index (κ2) is 8.68. The van der Waals surface area contributed by atoms with Gasteiger partial charge in [-0.15, -0.1) is 0 Å². The molecule has 0 aromatic heterocycles. The normalized spacial score (nSPS) is 10.6. The van der Waals surface area contributed by atoms with E-state index in [-0.39, 0.29) is 21.8 Å². The molecule has 9 heteroatoms. The number of nitrogen functional groups attached to an aromatic ring is 1. The van der Waals surface area contributed by atoms with Crippen LogP contribution in [0.15, 0.2) is 47.4 Å². The fraction of sp³-hybridized carbons (Fsp3) is 0.125. The van der Waals surface area contributed by atoms with Gasteiger partial charge in [0.25, 0.3) is 11.7 Å². The summed E-state index contributed by atoms with van der Waals surface area (Å²) in [6.07, 6.45) is 0. The zero-order valence-electron chi connectivity index (χ0n) is 12.7. The van der Waals surface area contributed by atoms with Gasteiger partial charge in [0.05, 0.1) is 22.0 Å². The second-order valence-electron chi connectivity index (χ2n) is 4.74. The SMILES string of the molecule is Nc1cc(C(=O)OCC(=O)Nc2ccccc2SC(F)F)ccc1Cl. The molecule has 2 aromatic rings. The van der Waals surface area contributed by atoms with E-state index in [1.54, 1.807) is 12.1 Å². The lowest BCUT2D eigenvalue weighted by atomic mass is 10.2. The number of amides is 1. The van der Waals surface area contributed by atoms with Crippen molar-refractivity contribution in [3.8, 4) is 0 Å². The summed E-state index contributed by atoms with van der Waals surface area (Å²) >= 11 is 6.07. The van der Waals surface area contributed by atoms with Crippen molar-refractivity contribution in [2.45, 2.75) is 10.7 Å². The number of alkyl halides is 2. The summed E-state index contributed by atoms with van der Waals surface area (Å²) in [6, 6.07) is 10.3. The molecule has 0 fully saturated rings. The van der Waals surface area contributed by atoms with Gasteiger partial charge in [-0.2, -0.15) is 8.78 Å². The molecule has 0 bridgehead atoms. The average Bonchev–Trinajstić information content (AvgIpc) is 2.56. The highest BCUT2D eigenvalue weighted by Gasteiger charge is 2.14. The fourth-order valence-electron chi connectivity index (χ4n) is 1.84. The lowest BCUT2D eigenvalue weighted by Crippen LogP contribution is -2.21. The van der Waals surface area contributed by atoms with Gasteiger partial charge in [0.1, 0.15) is 0 Å². The minimum absolute atomic E-state index is 0.142. The maximum atomic E-state index is 12.5. The molecule has 3 N–H and O–H groups in total. The molecule has 0 saturated heterocycles. The summed E-state index contributed by atoms with van der Waals surface area (Å²) in [6.45, 7) is -0.574. The highest BCUT2D eigenvalue weighted by molar-refractivity contribution is 7.99. The summed E-state index contributed by atoms with van der Waals surface area (Å²) < 4.78 is 29.9. The number of rotatable bonds is 6. The molecule has 2 aromatic carbocycles. The number of hydrogen-bond acceptors (Lipinski definition) is 5. The van der Waals surface area contributed by atoms with Crippen molar-refractivity contribution >= 4 is 46.6 Å². The van der Waals surface area contributed by atoms with Crippen LogP contribution in [0, 0.1) is 0 Å². The third-order valence-corrected chi connectivity index (χ3v) is 4.08. The van der Waals surface area contributed by atoms with Gasteiger partial charge in [-0.1, -0.05) is 35.5 Å². The number of nitrogens with two attached hydrogens (primary N) is 1. The number of carbonyl (C=O) groups is 2. The number of para-hydroxylation sites is 1. The molecule has 0 aliphatic heterocycles. The van der Waals surface area contributed by atoms with Crippen molar-refractivity contribution in [3.05, 3.63) is 53.1 Å². The molecule has 0 radical (unpaired) electrons. The van der Waals surface area contributed by atoms with Crippen LogP contribution >= 0.6 is 23.4 Å². The van der Waals surface area contributed by atoms with Gasteiger partial charge in [-0.25, -0.2) is 4.79 Å². The highest BCUT2D eigenvalue weighted by atomic mass is 35.5. The van der Waals surface area contributed by atoms with E-state index in [1.165, 1.54) is 30.3 Å². The van der Waals surface area contributed by atoms with Gasteiger partial charge in [-0.05, 0) is 30.3 Å². The molecule has 25 heavy (non-hydrogen) atoms. The van der Waals surface area contributed by atoms with Gasteiger partial charge in [0.15, 0.2) is 6.61 Å². The van der Waals surface area contributed by atoms with Crippen molar-refractivity contribution < 1.29 is 23.1 Å². The summed E-state index contributed by atoms with van der Waals surface area (Å²) in [7, 11) is 0. The van der Waals surface area contributed by atoms with Crippen LogP contribution in [-0.4, -0.2) is 24.2 Å². The Labute approximate surface area is 151 Å². The maximum Gasteiger partial charge on any atom is 0.338 e. The average molecular weight is 387 g/mol. The molecule has 1 amide bonds. The van der Waals surface area contributed by atoms with Crippen LogP contribution in [-0.2, 0) is 9.53 Å². The molecule has 0 unspecified atom stereocenters. The van der Waals surface area contributed by atoms with Crippen molar-refractivity contribution in [2.75, 3.05) is 17.7 Å². The molecule has 0 atom stereocenters. The molecule has 2 rings (SSSR count). The summed E-state index contributed by atoms with van der Waals surface area (Å²) in [5, 5.41) is 2.72. The minimum Gasteiger partial charge on any atom is -0.452 e. The van der Waals surface area contributed by atoms with Crippen molar-refractivity contribution in [1.82, 2.24) is 0 Å². The topological polar surface area (TPSA) is 81.4 Å². The Morgan fingerprint density at radius 2 is 1.96 bits per heavy atom. The first-order valence-corrected chi connectivity index (χ1v) is 8.18. The van der Waals surface area contributed by atoms with E-state index in [4.69, 9.17) is 22.1 Å². The van der Waals surface area contributed by atoms with Crippen LogP contribution in [0.1, 0.15) is 10.4 Å². The molecule has 0 saturated carbocycles. The zero-order valence-corrected chi connectivity index (χ0v) is 14.2. The molecule has 0 spiro atoms. The quantitative estimate of drug-likeness (QED) is 0.445. The van der Waals surface area contributed by atoms with E-state index >= 15 is 0 Å². The number of ether oxygens (including phenoxy) is 1. The Balaban J connectivity index is 1.94. The predicted octanol–water partition coefficient (Wildman–Crippen LogP) is 4.03. The van der Waals surface area contributed by atoms with Crippen LogP contribution in [0.4, 0.5) is 20.2 Å². The van der Waals surface area contributed by atoms with Crippen molar-refractivity contribution in [1.29, 1.82) is 0 Å². The second-order valence-corrected chi connectivity index (χ2v) is 6.17. The lowest BCUT2D eigenvalue weighted by molar-refractivity contribution is -0.119. The Morgan fingerprint density at radius 1 is 1.24 bits per heavy atom. The number of nitrogens with one attached hydrogen (secondary N) is 1.